The van der Waals surface area contributed by atoms with E-state index in [1.54, 1.807) is 42.5 Å². The third-order valence-electron chi connectivity index (χ3n) is 4.12. The van der Waals surface area contributed by atoms with Gasteiger partial charge in [-0.05, 0) is 42.8 Å². The molecule has 0 aliphatic heterocycles. The monoisotopic (exact) mass is 369 g/mol. The lowest BCUT2D eigenvalue weighted by molar-refractivity contribution is 0.251. The molecule has 0 saturated heterocycles. The van der Waals surface area contributed by atoms with Gasteiger partial charge in [-0.1, -0.05) is 42.5 Å². The first-order chi connectivity index (χ1) is 13.2. The van der Waals surface area contributed by atoms with Crippen LogP contribution in [0.2, 0.25) is 0 Å². The van der Waals surface area contributed by atoms with Gasteiger partial charge < -0.3 is 15.2 Å². The second kappa shape index (κ2) is 9.14. The summed E-state index contributed by atoms with van der Waals surface area (Å²) in [5, 5.41) is 0. The van der Waals surface area contributed by atoms with Crippen molar-refractivity contribution in [2.75, 3.05) is 6.54 Å². The largest absolute Gasteiger partial charge is 0.485 e. The summed E-state index contributed by atoms with van der Waals surface area (Å²) in [6.45, 7) is 0.635. The Hall–Kier alpha value is -2.92. The van der Waals surface area contributed by atoms with Gasteiger partial charge >= 0.3 is 0 Å². The van der Waals surface area contributed by atoms with Gasteiger partial charge in [-0.15, -0.1) is 0 Å². The summed E-state index contributed by atoms with van der Waals surface area (Å²) >= 11 is 0. The SMILES string of the molecule is NCCc1ccc(OCc2ccccc2F)c(OCc2ccccc2F)c1. The Morgan fingerprint density at radius 3 is 1.81 bits per heavy atom. The van der Waals surface area contributed by atoms with Gasteiger partial charge in [0.25, 0.3) is 0 Å². The summed E-state index contributed by atoms with van der Waals surface area (Å²) in [6, 6.07) is 18.3. The molecule has 27 heavy (non-hydrogen) atoms. The fourth-order valence-electron chi connectivity index (χ4n) is 2.65. The molecule has 0 aromatic heterocycles. The molecule has 3 aromatic rings. The lowest BCUT2D eigenvalue weighted by atomic mass is 10.1. The van der Waals surface area contributed by atoms with Crippen molar-refractivity contribution in [1.82, 2.24) is 0 Å². The smallest absolute Gasteiger partial charge is 0.161 e. The van der Waals surface area contributed by atoms with Crippen molar-refractivity contribution in [3.05, 3.63) is 95.1 Å². The van der Waals surface area contributed by atoms with Crippen molar-refractivity contribution in [3.63, 3.8) is 0 Å². The minimum absolute atomic E-state index is 0.0643. The van der Waals surface area contributed by atoms with E-state index in [1.807, 2.05) is 12.1 Å². The van der Waals surface area contributed by atoms with Crippen LogP contribution in [0.5, 0.6) is 11.5 Å². The van der Waals surface area contributed by atoms with Gasteiger partial charge in [0, 0.05) is 11.1 Å². The number of hydrogen-bond donors (Lipinski definition) is 1. The van der Waals surface area contributed by atoms with Gasteiger partial charge in [0.15, 0.2) is 11.5 Å². The molecular weight excluding hydrogens is 348 g/mol. The first-order valence-corrected chi connectivity index (χ1v) is 8.73. The molecule has 0 atom stereocenters. The zero-order valence-corrected chi connectivity index (χ0v) is 14.8. The van der Waals surface area contributed by atoms with Crippen LogP contribution < -0.4 is 15.2 Å². The minimum atomic E-state index is -0.329. The van der Waals surface area contributed by atoms with E-state index in [0.717, 1.165) is 5.56 Å². The van der Waals surface area contributed by atoms with Crippen LogP contribution >= 0.6 is 0 Å². The lowest BCUT2D eigenvalue weighted by Gasteiger charge is -2.15. The fraction of sp³-hybridized carbons (Fsp3) is 0.182. The van der Waals surface area contributed by atoms with Crippen LogP contribution in [0, 0.1) is 11.6 Å². The highest BCUT2D eigenvalue weighted by atomic mass is 19.1. The van der Waals surface area contributed by atoms with Gasteiger partial charge in [0.1, 0.15) is 24.8 Å². The second-order valence-corrected chi connectivity index (χ2v) is 6.08. The Balaban J connectivity index is 1.78. The molecule has 0 bridgehead atoms. The fourth-order valence-corrected chi connectivity index (χ4v) is 2.65. The van der Waals surface area contributed by atoms with E-state index in [1.165, 1.54) is 12.1 Å². The van der Waals surface area contributed by atoms with E-state index in [0.29, 0.717) is 35.6 Å². The van der Waals surface area contributed by atoms with Gasteiger partial charge in [-0.25, -0.2) is 8.78 Å². The summed E-state index contributed by atoms with van der Waals surface area (Å²) in [6.07, 6.45) is 0.684. The van der Waals surface area contributed by atoms with Crippen LogP contribution in [0.15, 0.2) is 66.7 Å². The Morgan fingerprint density at radius 2 is 1.26 bits per heavy atom. The molecule has 2 N–H and O–H groups in total. The van der Waals surface area contributed by atoms with Gasteiger partial charge in [0.2, 0.25) is 0 Å². The summed E-state index contributed by atoms with van der Waals surface area (Å²) in [5.74, 6) is 0.284. The van der Waals surface area contributed by atoms with Crippen LogP contribution in [-0.2, 0) is 19.6 Å². The van der Waals surface area contributed by atoms with E-state index in [9.17, 15) is 8.78 Å². The molecule has 0 amide bonds. The van der Waals surface area contributed by atoms with E-state index in [2.05, 4.69) is 0 Å². The molecular formula is C22H21F2NO2. The Kier molecular flexibility index (Phi) is 6.39. The van der Waals surface area contributed by atoms with Crippen molar-refractivity contribution in [2.45, 2.75) is 19.6 Å². The van der Waals surface area contributed by atoms with Crippen LogP contribution in [0.25, 0.3) is 0 Å². The average Bonchev–Trinajstić information content (AvgIpc) is 2.68. The zero-order valence-electron chi connectivity index (χ0n) is 14.8. The number of ether oxygens (including phenoxy) is 2. The number of nitrogens with two attached hydrogens (primary N) is 1. The highest BCUT2D eigenvalue weighted by molar-refractivity contribution is 5.43. The molecule has 5 heteroatoms. The predicted molar refractivity (Wildman–Crippen MR) is 101 cm³/mol. The third kappa shape index (κ3) is 5.05. The van der Waals surface area contributed by atoms with Crippen molar-refractivity contribution >= 4 is 0 Å². The van der Waals surface area contributed by atoms with Crippen LogP contribution in [0.1, 0.15) is 16.7 Å². The third-order valence-corrected chi connectivity index (χ3v) is 4.12. The van der Waals surface area contributed by atoms with Gasteiger partial charge in [-0.3, -0.25) is 0 Å². The topological polar surface area (TPSA) is 44.5 Å². The first kappa shape index (κ1) is 18.9. The molecule has 0 heterocycles. The predicted octanol–water partition coefficient (Wildman–Crippen LogP) is 4.62. The van der Waals surface area contributed by atoms with Crippen LogP contribution in [-0.4, -0.2) is 6.54 Å². The summed E-state index contributed by atoms with van der Waals surface area (Å²) in [4.78, 5) is 0. The summed E-state index contributed by atoms with van der Waals surface area (Å²) in [5.41, 5.74) is 7.50. The molecule has 0 radical (unpaired) electrons. The maximum atomic E-state index is 13.8. The van der Waals surface area contributed by atoms with Gasteiger partial charge in [0.05, 0.1) is 0 Å². The highest BCUT2D eigenvalue weighted by Crippen LogP contribution is 2.30. The van der Waals surface area contributed by atoms with Crippen molar-refractivity contribution in [1.29, 1.82) is 0 Å². The summed E-state index contributed by atoms with van der Waals surface area (Å²) < 4.78 is 39.2. The molecule has 0 saturated carbocycles. The zero-order chi connectivity index (χ0) is 19.1. The van der Waals surface area contributed by atoms with Crippen molar-refractivity contribution in [2.24, 2.45) is 5.73 Å². The average molecular weight is 369 g/mol. The molecule has 0 aliphatic rings. The summed E-state index contributed by atoms with van der Waals surface area (Å²) in [7, 11) is 0. The van der Waals surface area contributed by atoms with Crippen molar-refractivity contribution < 1.29 is 18.3 Å². The first-order valence-electron chi connectivity index (χ1n) is 8.73. The van der Waals surface area contributed by atoms with Gasteiger partial charge in [-0.2, -0.15) is 0 Å². The number of benzene rings is 3. The molecule has 0 unspecified atom stereocenters. The maximum Gasteiger partial charge on any atom is 0.161 e. The Bertz CT molecular complexity index is 899. The molecule has 140 valence electrons. The van der Waals surface area contributed by atoms with E-state index < -0.39 is 0 Å². The number of halogens is 2. The molecule has 0 spiro atoms. The van der Waals surface area contributed by atoms with Crippen LogP contribution in [0.3, 0.4) is 0 Å². The van der Waals surface area contributed by atoms with E-state index in [-0.39, 0.29) is 24.8 Å². The van der Waals surface area contributed by atoms with Crippen molar-refractivity contribution in [3.8, 4) is 11.5 Å². The number of rotatable bonds is 8. The van der Waals surface area contributed by atoms with E-state index in [4.69, 9.17) is 15.2 Å². The second-order valence-electron chi connectivity index (χ2n) is 6.08. The highest BCUT2D eigenvalue weighted by Gasteiger charge is 2.10. The van der Waals surface area contributed by atoms with Crippen LogP contribution in [0.4, 0.5) is 8.78 Å². The standard InChI is InChI=1S/C22H21F2NO2/c23-19-7-3-1-5-17(19)14-26-21-10-9-16(11-12-25)13-22(21)27-15-18-6-2-4-8-20(18)24/h1-10,13H,11-12,14-15,25H2. The molecule has 3 aromatic carbocycles. The Morgan fingerprint density at radius 1 is 0.704 bits per heavy atom. The molecule has 0 aliphatic carbocycles. The number of hydrogen-bond acceptors (Lipinski definition) is 3. The lowest BCUT2D eigenvalue weighted by Crippen LogP contribution is -2.05. The normalized spacial score (nSPS) is 10.6. The molecule has 0 fully saturated rings. The maximum absolute atomic E-state index is 13.8. The molecule has 3 nitrogen and oxygen atoms in total. The minimum Gasteiger partial charge on any atom is -0.485 e. The Labute approximate surface area is 157 Å². The molecule has 3 rings (SSSR count). The quantitative estimate of drug-likeness (QED) is 0.630. The van der Waals surface area contributed by atoms with E-state index >= 15 is 0 Å².